The average molecular weight is 257 g/mol. The van der Waals surface area contributed by atoms with Gasteiger partial charge >= 0.3 is 5.97 Å². The number of amides is 1. The quantitative estimate of drug-likeness (QED) is 0.644. The van der Waals surface area contributed by atoms with Crippen LogP contribution in [0.5, 0.6) is 0 Å². The van der Waals surface area contributed by atoms with Crippen LogP contribution in [-0.2, 0) is 9.53 Å². The minimum atomic E-state index is -0.974. The van der Waals surface area contributed by atoms with Gasteiger partial charge in [0.2, 0.25) is 5.91 Å². The highest BCUT2D eigenvalue weighted by atomic mass is 19.1. The smallest absolute Gasteiger partial charge is 0.341 e. The van der Waals surface area contributed by atoms with Crippen molar-refractivity contribution in [1.82, 2.24) is 0 Å². The third-order valence-electron chi connectivity index (χ3n) is 2.27. The summed E-state index contributed by atoms with van der Waals surface area (Å²) in [6, 6.07) is 1.72. The Bertz CT molecular complexity index is 475. The first-order valence-corrected chi connectivity index (χ1v) is 5.33. The molecule has 0 saturated heterocycles. The molecule has 98 valence electrons. The summed E-state index contributed by atoms with van der Waals surface area (Å²) < 4.78 is 31.0. The standard InChI is InChI=1S/C12H13F2NO3/c1-7-5-8(10(14)6-9(7)13)12(17)18-4-2-3-11(15)16/h5-6H,2-4H2,1H3,(H2,15,16). The van der Waals surface area contributed by atoms with Crippen LogP contribution < -0.4 is 5.73 Å². The Hall–Kier alpha value is -1.98. The molecule has 0 aromatic heterocycles. The molecule has 1 aromatic rings. The Balaban J connectivity index is 2.62. The van der Waals surface area contributed by atoms with E-state index in [1.807, 2.05) is 0 Å². The van der Waals surface area contributed by atoms with Gasteiger partial charge in [0.05, 0.1) is 12.2 Å². The van der Waals surface area contributed by atoms with Crippen LogP contribution in [-0.4, -0.2) is 18.5 Å². The maximum atomic E-state index is 13.3. The number of nitrogens with two attached hydrogens (primary N) is 1. The van der Waals surface area contributed by atoms with E-state index in [0.29, 0.717) is 6.07 Å². The summed E-state index contributed by atoms with van der Waals surface area (Å²) >= 11 is 0. The second kappa shape index (κ2) is 6.09. The van der Waals surface area contributed by atoms with Gasteiger partial charge in [0.1, 0.15) is 11.6 Å². The van der Waals surface area contributed by atoms with E-state index < -0.39 is 23.5 Å². The Morgan fingerprint density at radius 1 is 1.28 bits per heavy atom. The predicted molar refractivity (Wildman–Crippen MR) is 59.8 cm³/mol. The number of carbonyl (C=O) groups excluding carboxylic acids is 2. The van der Waals surface area contributed by atoms with Crippen LogP contribution in [0.4, 0.5) is 8.78 Å². The van der Waals surface area contributed by atoms with E-state index in [9.17, 15) is 18.4 Å². The summed E-state index contributed by atoms with van der Waals surface area (Å²) in [4.78, 5) is 21.9. The van der Waals surface area contributed by atoms with Crippen molar-refractivity contribution >= 4 is 11.9 Å². The summed E-state index contributed by atoms with van der Waals surface area (Å²) in [5.74, 6) is -3.09. The average Bonchev–Trinajstić information content (AvgIpc) is 2.28. The highest BCUT2D eigenvalue weighted by Crippen LogP contribution is 2.15. The molecule has 6 heteroatoms. The maximum Gasteiger partial charge on any atom is 0.341 e. The highest BCUT2D eigenvalue weighted by molar-refractivity contribution is 5.90. The molecule has 1 rings (SSSR count). The van der Waals surface area contributed by atoms with Gasteiger partial charge in [0, 0.05) is 12.5 Å². The van der Waals surface area contributed by atoms with Crippen molar-refractivity contribution in [2.75, 3.05) is 6.61 Å². The molecule has 0 unspecified atom stereocenters. The lowest BCUT2D eigenvalue weighted by Crippen LogP contribution is -2.13. The van der Waals surface area contributed by atoms with E-state index in [-0.39, 0.29) is 30.6 Å². The molecule has 1 amide bonds. The number of halogens is 2. The van der Waals surface area contributed by atoms with Crippen LogP contribution in [0.2, 0.25) is 0 Å². The summed E-state index contributed by atoms with van der Waals surface area (Å²) in [6.07, 6.45) is 0.348. The second-order valence-electron chi connectivity index (χ2n) is 3.79. The third-order valence-corrected chi connectivity index (χ3v) is 2.27. The first kappa shape index (κ1) is 14.1. The fourth-order valence-electron chi connectivity index (χ4n) is 1.30. The van der Waals surface area contributed by atoms with Gasteiger partial charge in [-0.1, -0.05) is 0 Å². The second-order valence-corrected chi connectivity index (χ2v) is 3.79. The van der Waals surface area contributed by atoms with E-state index in [2.05, 4.69) is 0 Å². The summed E-state index contributed by atoms with van der Waals surface area (Å²) in [5, 5.41) is 0. The molecule has 0 aliphatic heterocycles. The van der Waals surface area contributed by atoms with Gasteiger partial charge in [-0.05, 0) is 25.0 Å². The lowest BCUT2D eigenvalue weighted by molar-refractivity contribution is -0.118. The van der Waals surface area contributed by atoms with Crippen LogP contribution >= 0.6 is 0 Å². The zero-order chi connectivity index (χ0) is 13.7. The fourth-order valence-corrected chi connectivity index (χ4v) is 1.30. The van der Waals surface area contributed by atoms with Crippen molar-refractivity contribution < 1.29 is 23.1 Å². The Labute approximate surface area is 103 Å². The van der Waals surface area contributed by atoms with Crippen LogP contribution in [0.3, 0.4) is 0 Å². The van der Waals surface area contributed by atoms with Gasteiger partial charge < -0.3 is 10.5 Å². The number of esters is 1. The lowest BCUT2D eigenvalue weighted by Gasteiger charge is -2.06. The summed E-state index contributed by atoms with van der Waals surface area (Å²) in [6.45, 7) is 1.37. The van der Waals surface area contributed by atoms with Crippen molar-refractivity contribution in [1.29, 1.82) is 0 Å². The normalized spacial score (nSPS) is 10.2. The zero-order valence-electron chi connectivity index (χ0n) is 9.83. The van der Waals surface area contributed by atoms with Crippen molar-refractivity contribution in [3.05, 3.63) is 34.9 Å². The van der Waals surface area contributed by atoms with Crippen LogP contribution in [0.1, 0.15) is 28.8 Å². The summed E-state index contributed by atoms with van der Waals surface area (Å²) in [5.41, 5.74) is 4.73. The molecular formula is C12H13F2NO3. The molecule has 0 atom stereocenters. The fraction of sp³-hybridized carbons (Fsp3) is 0.333. The molecule has 0 aliphatic carbocycles. The number of hydrogen-bond acceptors (Lipinski definition) is 3. The first-order chi connectivity index (χ1) is 8.41. The largest absolute Gasteiger partial charge is 0.462 e. The van der Waals surface area contributed by atoms with Gasteiger partial charge in [0.25, 0.3) is 0 Å². The molecule has 2 N–H and O–H groups in total. The number of hydrogen-bond donors (Lipinski definition) is 1. The van der Waals surface area contributed by atoms with E-state index >= 15 is 0 Å². The molecule has 0 aliphatic rings. The third kappa shape index (κ3) is 3.80. The topological polar surface area (TPSA) is 69.4 Å². The molecule has 0 spiro atoms. The molecule has 0 bridgehead atoms. The molecule has 0 heterocycles. The van der Waals surface area contributed by atoms with Crippen molar-refractivity contribution in [3.63, 3.8) is 0 Å². The maximum absolute atomic E-state index is 13.3. The van der Waals surface area contributed by atoms with E-state index in [1.54, 1.807) is 0 Å². The van der Waals surface area contributed by atoms with Gasteiger partial charge in [-0.25, -0.2) is 13.6 Å². The molecule has 0 fully saturated rings. The van der Waals surface area contributed by atoms with E-state index in [1.165, 1.54) is 6.92 Å². The molecule has 0 saturated carbocycles. The van der Waals surface area contributed by atoms with Crippen LogP contribution in [0.15, 0.2) is 12.1 Å². The Kier molecular flexibility index (Phi) is 4.76. The Morgan fingerprint density at radius 3 is 2.56 bits per heavy atom. The predicted octanol–water partition coefficient (Wildman–Crippen LogP) is 1.70. The summed E-state index contributed by atoms with van der Waals surface area (Å²) in [7, 11) is 0. The van der Waals surface area contributed by atoms with Crippen molar-refractivity contribution in [3.8, 4) is 0 Å². The molecule has 0 radical (unpaired) electrons. The number of primary amides is 1. The lowest BCUT2D eigenvalue weighted by atomic mass is 10.1. The highest BCUT2D eigenvalue weighted by Gasteiger charge is 2.15. The SMILES string of the molecule is Cc1cc(C(=O)OCCCC(N)=O)c(F)cc1F. The molecular weight excluding hydrogens is 244 g/mol. The van der Waals surface area contributed by atoms with Gasteiger partial charge in [0.15, 0.2) is 0 Å². The van der Waals surface area contributed by atoms with Gasteiger partial charge in [-0.15, -0.1) is 0 Å². The van der Waals surface area contributed by atoms with Gasteiger partial charge in [-0.2, -0.15) is 0 Å². The number of ether oxygens (including phenoxy) is 1. The number of aryl methyl sites for hydroxylation is 1. The zero-order valence-corrected chi connectivity index (χ0v) is 9.83. The van der Waals surface area contributed by atoms with Crippen molar-refractivity contribution in [2.45, 2.75) is 19.8 Å². The number of rotatable bonds is 5. The van der Waals surface area contributed by atoms with E-state index in [4.69, 9.17) is 10.5 Å². The Morgan fingerprint density at radius 2 is 1.94 bits per heavy atom. The minimum absolute atomic E-state index is 0.0440. The monoisotopic (exact) mass is 257 g/mol. The van der Waals surface area contributed by atoms with Crippen molar-refractivity contribution in [2.24, 2.45) is 5.73 Å². The first-order valence-electron chi connectivity index (χ1n) is 5.33. The van der Waals surface area contributed by atoms with Gasteiger partial charge in [-0.3, -0.25) is 4.79 Å². The minimum Gasteiger partial charge on any atom is -0.462 e. The van der Waals surface area contributed by atoms with Crippen LogP contribution in [0.25, 0.3) is 0 Å². The van der Waals surface area contributed by atoms with E-state index in [0.717, 1.165) is 6.07 Å². The molecule has 1 aromatic carbocycles. The van der Waals surface area contributed by atoms with Crippen LogP contribution in [0, 0.1) is 18.6 Å². The number of carbonyl (C=O) groups is 2. The molecule has 18 heavy (non-hydrogen) atoms. The molecule has 4 nitrogen and oxygen atoms in total. The number of benzene rings is 1.